The second-order valence-electron chi connectivity index (χ2n) is 4.29. The van der Waals surface area contributed by atoms with Gasteiger partial charge in [-0.05, 0) is 19.8 Å². The minimum absolute atomic E-state index is 0.0342. The van der Waals surface area contributed by atoms with Crippen LogP contribution in [0.2, 0.25) is 0 Å². The third-order valence-electron chi connectivity index (χ3n) is 3.12. The van der Waals surface area contributed by atoms with Crippen molar-refractivity contribution in [3.8, 4) is 0 Å². The molecule has 2 saturated heterocycles. The first-order valence-electron chi connectivity index (χ1n) is 4.84. The van der Waals surface area contributed by atoms with Crippen LogP contribution in [-0.4, -0.2) is 30.6 Å². The summed E-state index contributed by atoms with van der Waals surface area (Å²) >= 11 is 0. The van der Waals surface area contributed by atoms with Gasteiger partial charge in [0.1, 0.15) is 5.92 Å². The van der Waals surface area contributed by atoms with Gasteiger partial charge >= 0.3 is 5.97 Å². The summed E-state index contributed by atoms with van der Waals surface area (Å²) in [6.45, 7) is 1.93. The fourth-order valence-electron chi connectivity index (χ4n) is 2.39. The van der Waals surface area contributed by atoms with Crippen LogP contribution in [0.25, 0.3) is 0 Å². The lowest BCUT2D eigenvalue weighted by molar-refractivity contribution is -0.167. The largest absolute Gasteiger partial charge is 0.468 e. The summed E-state index contributed by atoms with van der Waals surface area (Å²) in [6.07, 6.45) is 1.72. The van der Waals surface area contributed by atoms with E-state index in [9.17, 15) is 9.59 Å². The monoisotopic (exact) mass is 198 g/mol. The average Bonchev–Trinajstić information content (AvgIpc) is 2.42. The van der Waals surface area contributed by atoms with E-state index >= 15 is 0 Å². The molecule has 0 saturated carbocycles. The molecule has 3 atom stereocenters. The summed E-state index contributed by atoms with van der Waals surface area (Å²) in [6, 6.07) is 0. The third-order valence-corrected chi connectivity index (χ3v) is 3.12. The Hall–Kier alpha value is -0.900. The molecule has 0 spiro atoms. The first kappa shape index (κ1) is 9.65. The first-order valence-corrected chi connectivity index (χ1v) is 4.84. The van der Waals surface area contributed by atoms with Crippen molar-refractivity contribution < 1.29 is 19.1 Å². The SMILES string of the molecule is COC(=O)C1C(=O)C[C@]2(C)CC[C@H]1O2. The molecular formula is C10H14O4. The van der Waals surface area contributed by atoms with Crippen LogP contribution in [0.1, 0.15) is 26.2 Å². The lowest BCUT2D eigenvalue weighted by Crippen LogP contribution is -2.45. The molecule has 0 aromatic heterocycles. The molecule has 78 valence electrons. The molecule has 0 radical (unpaired) electrons. The van der Waals surface area contributed by atoms with Gasteiger partial charge in [-0.2, -0.15) is 0 Å². The maximum atomic E-state index is 11.7. The summed E-state index contributed by atoms with van der Waals surface area (Å²) in [4.78, 5) is 23.0. The number of carbonyl (C=O) groups excluding carboxylic acids is 2. The molecule has 0 aromatic carbocycles. The molecule has 2 rings (SSSR count). The number of Topliss-reactive ketones (excluding diaryl/α,β-unsaturated/α-hetero) is 1. The molecule has 2 aliphatic heterocycles. The topological polar surface area (TPSA) is 52.6 Å². The number of hydrogen-bond donors (Lipinski definition) is 0. The van der Waals surface area contributed by atoms with Gasteiger partial charge in [-0.1, -0.05) is 0 Å². The number of ether oxygens (including phenoxy) is 2. The van der Waals surface area contributed by atoms with Crippen molar-refractivity contribution >= 4 is 11.8 Å². The first-order chi connectivity index (χ1) is 6.56. The third kappa shape index (κ3) is 1.34. The number of fused-ring (bicyclic) bond motifs is 2. The average molecular weight is 198 g/mol. The van der Waals surface area contributed by atoms with Crippen LogP contribution in [0.4, 0.5) is 0 Å². The van der Waals surface area contributed by atoms with E-state index in [1.54, 1.807) is 0 Å². The highest BCUT2D eigenvalue weighted by molar-refractivity contribution is 6.00. The zero-order valence-corrected chi connectivity index (χ0v) is 8.41. The predicted octanol–water partition coefficient (Wildman–Crippen LogP) is 0.686. The Morgan fingerprint density at radius 3 is 3.00 bits per heavy atom. The molecule has 0 amide bonds. The predicted molar refractivity (Wildman–Crippen MR) is 47.6 cm³/mol. The van der Waals surface area contributed by atoms with Crippen molar-refractivity contribution in [1.82, 2.24) is 0 Å². The smallest absolute Gasteiger partial charge is 0.318 e. The number of ketones is 1. The lowest BCUT2D eigenvalue weighted by Gasteiger charge is -2.32. The van der Waals surface area contributed by atoms with Crippen LogP contribution >= 0.6 is 0 Å². The van der Waals surface area contributed by atoms with Crippen molar-refractivity contribution in [1.29, 1.82) is 0 Å². The Kier molecular flexibility index (Phi) is 2.10. The van der Waals surface area contributed by atoms with Crippen molar-refractivity contribution in [2.45, 2.75) is 37.9 Å². The van der Waals surface area contributed by atoms with Crippen molar-refractivity contribution in [3.05, 3.63) is 0 Å². The van der Waals surface area contributed by atoms with Crippen LogP contribution in [0.15, 0.2) is 0 Å². The van der Waals surface area contributed by atoms with Crippen molar-refractivity contribution in [2.24, 2.45) is 5.92 Å². The number of methoxy groups -OCH3 is 1. The van der Waals surface area contributed by atoms with Crippen LogP contribution in [0, 0.1) is 5.92 Å². The van der Waals surface area contributed by atoms with Gasteiger partial charge in [-0.3, -0.25) is 9.59 Å². The van der Waals surface area contributed by atoms with Gasteiger partial charge in [0.2, 0.25) is 0 Å². The Morgan fingerprint density at radius 2 is 2.36 bits per heavy atom. The van der Waals surface area contributed by atoms with Gasteiger partial charge in [0.05, 0.1) is 18.8 Å². The standard InChI is InChI=1S/C10H14O4/c1-10-4-3-7(14-10)8(6(11)5-10)9(12)13-2/h7-8H,3-5H2,1-2H3/t7-,8?,10+/m1/s1. The van der Waals surface area contributed by atoms with Crippen LogP contribution in [-0.2, 0) is 19.1 Å². The maximum absolute atomic E-state index is 11.7. The highest BCUT2D eigenvalue weighted by Gasteiger charge is 2.52. The molecule has 4 nitrogen and oxygen atoms in total. The van der Waals surface area contributed by atoms with Gasteiger partial charge in [-0.15, -0.1) is 0 Å². The molecule has 2 aliphatic rings. The number of carbonyl (C=O) groups is 2. The Morgan fingerprint density at radius 1 is 1.64 bits per heavy atom. The molecule has 4 heteroatoms. The van der Waals surface area contributed by atoms with Gasteiger partial charge < -0.3 is 9.47 Å². The van der Waals surface area contributed by atoms with E-state index in [0.29, 0.717) is 6.42 Å². The normalized spacial score (nSPS) is 41.1. The second kappa shape index (κ2) is 3.05. The van der Waals surface area contributed by atoms with Gasteiger partial charge in [-0.25, -0.2) is 0 Å². The van der Waals surface area contributed by atoms with Crippen LogP contribution in [0.5, 0.6) is 0 Å². The maximum Gasteiger partial charge on any atom is 0.318 e. The fraction of sp³-hybridized carbons (Fsp3) is 0.800. The van der Waals surface area contributed by atoms with Crippen LogP contribution in [0.3, 0.4) is 0 Å². The van der Waals surface area contributed by atoms with E-state index in [4.69, 9.17) is 4.74 Å². The molecule has 0 aromatic rings. The molecular weight excluding hydrogens is 184 g/mol. The number of hydrogen-bond acceptors (Lipinski definition) is 4. The van der Waals surface area contributed by atoms with Crippen molar-refractivity contribution in [3.63, 3.8) is 0 Å². The minimum atomic E-state index is -0.685. The quantitative estimate of drug-likeness (QED) is 0.459. The lowest BCUT2D eigenvalue weighted by atomic mass is 9.90. The van der Waals surface area contributed by atoms with Crippen molar-refractivity contribution in [2.75, 3.05) is 7.11 Å². The minimum Gasteiger partial charge on any atom is -0.468 e. The Labute approximate surface area is 82.6 Å². The van der Waals surface area contributed by atoms with E-state index < -0.39 is 11.9 Å². The van der Waals surface area contributed by atoms with E-state index in [2.05, 4.69) is 4.74 Å². The second-order valence-corrected chi connectivity index (χ2v) is 4.29. The molecule has 14 heavy (non-hydrogen) atoms. The molecule has 0 N–H and O–H groups in total. The summed E-state index contributed by atoms with van der Waals surface area (Å²) in [5, 5.41) is 0. The van der Waals surface area contributed by atoms with Gasteiger partial charge in [0, 0.05) is 6.42 Å². The molecule has 1 unspecified atom stereocenters. The van der Waals surface area contributed by atoms with E-state index in [0.717, 1.165) is 12.8 Å². The van der Waals surface area contributed by atoms with E-state index in [-0.39, 0.29) is 17.5 Å². The Balaban J connectivity index is 2.21. The number of rotatable bonds is 1. The summed E-state index contributed by atoms with van der Waals surface area (Å²) in [5.41, 5.74) is -0.327. The highest BCUT2D eigenvalue weighted by Crippen LogP contribution is 2.42. The van der Waals surface area contributed by atoms with Crippen LogP contribution < -0.4 is 0 Å². The zero-order chi connectivity index (χ0) is 10.3. The summed E-state index contributed by atoms with van der Waals surface area (Å²) in [7, 11) is 1.30. The molecule has 2 bridgehead atoms. The molecule has 2 heterocycles. The van der Waals surface area contributed by atoms with E-state index in [1.165, 1.54) is 7.11 Å². The fourth-order valence-corrected chi connectivity index (χ4v) is 2.39. The Bertz CT molecular complexity index is 286. The van der Waals surface area contributed by atoms with Gasteiger partial charge in [0.15, 0.2) is 5.78 Å². The summed E-state index contributed by atoms with van der Waals surface area (Å²) < 4.78 is 10.3. The summed E-state index contributed by atoms with van der Waals surface area (Å²) in [5.74, 6) is -1.17. The van der Waals surface area contributed by atoms with Gasteiger partial charge in [0.25, 0.3) is 0 Å². The molecule has 0 aliphatic carbocycles. The number of esters is 1. The molecule has 2 fully saturated rings. The zero-order valence-electron chi connectivity index (χ0n) is 8.41. The van der Waals surface area contributed by atoms with E-state index in [1.807, 2.05) is 6.92 Å². The highest BCUT2D eigenvalue weighted by atomic mass is 16.5.